The summed E-state index contributed by atoms with van der Waals surface area (Å²) in [6.45, 7) is 2.68. The molecule has 1 aromatic rings. The van der Waals surface area contributed by atoms with Gasteiger partial charge in [0.1, 0.15) is 0 Å². The van der Waals surface area contributed by atoms with Crippen molar-refractivity contribution >= 4 is 17.8 Å². The van der Waals surface area contributed by atoms with Crippen LogP contribution in [-0.2, 0) is 14.3 Å². The van der Waals surface area contributed by atoms with Gasteiger partial charge < -0.3 is 9.47 Å². The Morgan fingerprint density at radius 3 is 2.29 bits per heavy atom. The molecule has 1 aliphatic heterocycles. The highest BCUT2D eigenvalue weighted by Crippen LogP contribution is 2.44. The molecule has 1 heterocycles. The molecule has 1 saturated carbocycles. The maximum atomic E-state index is 12.7. The van der Waals surface area contributed by atoms with Crippen molar-refractivity contribution in [3.05, 3.63) is 35.4 Å². The van der Waals surface area contributed by atoms with Crippen LogP contribution in [0, 0.1) is 0 Å². The molecule has 0 unspecified atom stereocenters. The number of esters is 1. The third kappa shape index (κ3) is 2.41. The zero-order chi connectivity index (χ0) is 17.3. The van der Waals surface area contributed by atoms with Gasteiger partial charge in [0.15, 0.2) is 5.54 Å². The Morgan fingerprint density at radius 1 is 1.21 bits per heavy atom. The van der Waals surface area contributed by atoms with E-state index in [9.17, 15) is 14.4 Å². The van der Waals surface area contributed by atoms with Gasteiger partial charge in [-0.25, -0.2) is 4.79 Å². The molecule has 2 aliphatic rings. The summed E-state index contributed by atoms with van der Waals surface area (Å²) in [4.78, 5) is 38.9. The predicted molar refractivity (Wildman–Crippen MR) is 85.6 cm³/mol. The summed E-state index contributed by atoms with van der Waals surface area (Å²) in [6.07, 6.45) is 2.39. The number of methoxy groups -OCH3 is 1. The Bertz CT molecular complexity index is 643. The Morgan fingerprint density at radius 2 is 1.79 bits per heavy atom. The summed E-state index contributed by atoms with van der Waals surface area (Å²) in [5.41, 5.74) is -0.582. The molecule has 24 heavy (non-hydrogen) atoms. The first-order chi connectivity index (χ1) is 11.5. The van der Waals surface area contributed by atoms with E-state index in [4.69, 9.17) is 9.47 Å². The fraction of sp³-hybridized carbons (Fsp3) is 0.500. The standard InChI is InChI=1S/C18H21NO5/c1-3-4-9-24-12-10-18(11-12,17(22)23-2)19-15(20)13-7-5-6-8-14(13)16(19)21/h5-8,12H,3-4,9-11H2,1-2H3. The molecular formula is C18H21NO5. The van der Waals surface area contributed by atoms with E-state index in [1.807, 2.05) is 0 Å². The minimum Gasteiger partial charge on any atom is -0.467 e. The Kier molecular flexibility index (Phi) is 4.41. The van der Waals surface area contributed by atoms with E-state index < -0.39 is 23.3 Å². The number of nitrogens with zero attached hydrogens (tertiary/aromatic N) is 1. The fourth-order valence-corrected chi connectivity index (χ4v) is 3.41. The first-order valence-corrected chi connectivity index (χ1v) is 8.23. The Labute approximate surface area is 140 Å². The summed E-state index contributed by atoms with van der Waals surface area (Å²) in [7, 11) is 1.27. The van der Waals surface area contributed by atoms with E-state index in [1.165, 1.54) is 7.11 Å². The topological polar surface area (TPSA) is 72.9 Å². The fourth-order valence-electron chi connectivity index (χ4n) is 3.41. The molecule has 128 valence electrons. The number of benzene rings is 1. The summed E-state index contributed by atoms with van der Waals surface area (Å²) in [6, 6.07) is 6.62. The molecule has 0 atom stereocenters. The van der Waals surface area contributed by atoms with Crippen LogP contribution in [0.25, 0.3) is 0 Å². The van der Waals surface area contributed by atoms with Gasteiger partial charge in [0, 0.05) is 19.4 Å². The van der Waals surface area contributed by atoms with Gasteiger partial charge in [0.05, 0.1) is 24.3 Å². The van der Waals surface area contributed by atoms with E-state index in [0.717, 1.165) is 17.7 Å². The van der Waals surface area contributed by atoms with Gasteiger partial charge in [0.2, 0.25) is 0 Å². The minimum absolute atomic E-state index is 0.139. The smallest absolute Gasteiger partial charge is 0.332 e. The molecule has 1 fully saturated rings. The van der Waals surface area contributed by atoms with Gasteiger partial charge in [-0.15, -0.1) is 0 Å². The third-order valence-corrected chi connectivity index (χ3v) is 4.77. The second kappa shape index (κ2) is 6.36. The van der Waals surface area contributed by atoms with Crippen LogP contribution in [0.1, 0.15) is 53.3 Å². The van der Waals surface area contributed by atoms with E-state index in [-0.39, 0.29) is 18.9 Å². The van der Waals surface area contributed by atoms with Gasteiger partial charge in [-0.1, -0.05) is 25.5 Å². The van der Waals surface area contributed by atoms with Crippen molar-refractivity contribution in [2.24, 2.45) is 0 Å². The number of carbonyl (C=O) groups excluding carboxylic acids is 3. The van der Waals surface area contributed by atoms with E-state index in [2.05, 4.69) is 6.92 Å². The number of amides is 2. The quantitative estimate of drug-likeness (QED) is 0.454. The minimum atomic E-state index is -1.25. The lowest BCUT2D eigenvalue weighted by Crippen LogP contribution is -2.66. The molecule has 1 aliphatic carbocycles. The van der Waals surface area contributed by atoms with Crippen LogP contribution in [0.5, 0.6) is 0 Å². The van der Waals surface area contributed by atoms with E-state index in [1.54, 1.807) is 24.3 Å². The van der Waals surface area contributed by atoms with Crippen LogP contribution in [0.15, 0.2) is 24.3 Å². The molecule has 0 N–H and O–H groups in total. The van der Waals surface area contributed by atoms with Crippen molar-refractivity contribution in [2.75, 3.05) is 13.7 Å². The van der Waals surface area contributed by atoms with Crippen LogP contribution in [0.4, 0.5) is 0 Å². The first kappa shape index (κ1) is 16.6. The number of ether oxygens (including phenoxy) is 2. The van der Waals surface area contributed by atoms with Crippen LogP contribution in [-0.4, -0.2) is 48.0 Å². The molecule has 3 rings (SSSR count). The zero-order valence-corrected chi connectivity index (χ0v) is 13.9. The molecule has 6 nitrogen and oxygen atoms in total. The largest absolute Gasteiger partial charge is 0.467 e. The molecule has 0 radical (unpaired) electrons. The van der Waals surface area contributed by atoms with Crippen molar-refractivity contribution < 1.29 is 23.9 Å². The molecule has 1 aromatic carbocycles. The molecule has 0 aromatic heterocycles. The Balaban J connectivity index is 1.84. The number of imide groups is 1. The monoisotopic (exact) mass is 331 g/mol. The zero-order valence-electron chi connectivity index (χ0n) is 13.9. The summed E-state index contributed by atoms with van der Waals surface area (Å²) in [5.74, 6) is -1.44. The van der Waals surface area contributed by atoms with E-state index >= 15 is 0 Å². The average molecular weight is 331 g/mol. The number of unbranched alkanes of at least 4 members (excludes halogenated alkanes) is 1. The van der Waals surface area contributed by atoms with E-state index in [0.29, 0.717) is 17.7 Å². The van der Waals surface area contributed by atoms with Crippen molar-refractivity contribution in [3.8, 4) is 0 Å². The lowest BCUT2D eigenvalue weighted by Gasteiger charge is -2.48. The number of fused-ring (bicyclic) bond motifs is 1. The summed E-state index contributed by atoms with van der Waals surface area (Å²) in [5, 5.41) is 0. The maximum absolute atomic E-state index is 12.7. The average Bonchev–Trinajstić information content (AvgIpc) is 2.82. The first-order valence-electron chi connectivity index (χ1n) is 8.23. The van der Waals surface area contributed by atoms with Crippen LogP contribution in [0.3, 0.4) is 0 Å². The van der Waals surface area contributed by atoms with Crippen LogP contribution in [0.2, 0.25) is 0 Å². The van der Waals surface area contributed by atoms with Crippen molar-refractivity contribution in [1.29, 1.82) is 0 Å². The number of rotatable bonds is 6. The SMILES string of the molecule is CCCCOC1CC(C(=O)OC)(N2C(=O)c3ccccc3C2=O)C1. The third-order valence-electron chi connectivity index (χ3n) is 4.77. The van der Waals surface area contributed by atoms with Gasteiger partial charge >= 0.3 is 5.97 Å². The number of hydrogen-bond donors (Lipinski definition) is 0. The molecule has 0 saturated heterocycles. The van der Waals surface area contributed by atoms with Crippen LogP contribution >= 0.6 is 0 Å². The number of carbonyl (C=O) groups is 3. The molecule has 6 heteroatoms. The number of hydrogen-bond acceptors (Lipinski definition) is 5. The second-order valence-electron chi connectivity index (χ2n) is 6.27. The lowest BCUT2D eigenvalue weighted by molar-refractivity contribution is -0.169. The molecule has 2 amide bonds. The highest BCUT2D eigenvalue weighted by Gasteiger charge is 2.61. The predicted octanol–water partition coefficient (Wildman–Crippen LogP) is 2.17. The second-order valence-corrected chi connectivity index (χ2v) is 6.27. The molecular weight excluding hydrogens is 310 g/mol. The maximum Gasteiger partial charge on any atom is 0.332 e. The van der Waals surface area contributed by atoms with Crippen LogP contribution < -0.4 is 0 Å². The summed E-state index contributed by atoms with van der Waals surface area (Å²) < 4.78 is 10.6. The lowest BCUT2D eigenvalue weighted by atomic mass is 9.72. The van der Waals surface area contributed by atoms with Crippen molar-refractivity contribution in [2.45, 2.75) is 44.2 Å². The van der Waals surface area contributed by atoms with Gasteiger partial charge in [-0.2, -0.15) is 0 Å². The molecule has 0 spiro atoms. The highest BCUT2D eigenvalue weighted by atomic mass is 16.5. The highest BCUT2D eigenvalue weighted by molar-refractivity contribution is 6.23. The van der Waals surface area contributed by atoms with Crippen molar-refractivity contribution in [3.63, 3.8) is 0 Å². The van der Waals surface area contributed by atoms with Crippen molar-refractivity contribution in [1.82, 2.24) is 4.90 Å². The van der Waals surface area contributed by atoms with Gasteiger partial charge in [-0.3, -0.25) is 14.5 Å². The normalized spacial score (nSPS) is 25.4. The molecule has 0 bridgehead atoms. The van der Waals surface area contributed by atoms with Gasteiger partial charge in [0.25, 0.3) is 11.8 Å². The Hall–Kier alpha value is -2.21. The summed E-state index contributed by atoms with van der Waals surface area (Å²) >= 11 is 0. The van der Waals surface area contributed by atoms with Gasteiger partial charge in [-0.05, 0) is 18.6 Å².